The van der Waals surface area contributed by atoms with E-state index in [-0.39, 0.29) is 0 Å². The lowest BCUT2D eigenvalue weighted by atomic mass is 9.73. The molecule has 32 valence electrons. The van der Waals surface area contributed by atoms with Crippen molar-refractivity contribution in [2.75, 3.05) is 6.44 Å². The molecular formula is C4H8BN. The molecular weight excluding hydrogens is 72.9 g/mol. The van der Waals surface area contributed by atoms with Gasteiger partial charge in [0.15, 0.2) is 0 Å². The van der Waals surface area contributed by atoms with Gasteiger partial charge in [-0.2, -0.15) is 0 Å². The van der Waals surface area contributed by atoms with Crippen LogP contribution < -0.4 is 5.32 Å². The van der Waals surface area contributed by atoms with Crippen LogP contribution in [0.15, 0.2) is 12.3 Å². The van der Waals surface area contributed by atoms with Crippen molar-refractivity contribution in [3.63, 3.8) is 0 Å². The van der Waals surface area contributed by atoms with E-state index < -0.39 is 0 Å². The largest absolute Gasteiger partial charge is 0.399 e. The van der Waals surface area contributed by atoms with Crippen LogP contribution >= 0.6 is 0 Å². The minimum atomic E-state index is 1.16. The van der Waals surface area contributed by atoms with Gasteiger partial charge in [-0.05, 0) is 12.6 Å². The molecule has 0 radical (unpaired) electrons. The summed E-state index contributed by atoms with van der Waals surface area (Å²) < 4.78 is 0. The van der Waals surface area contributed by atoms with Crippen LogP contribution in [0, 0.1) is 0 Å². The Kier molecular flexibility index (Phi) is 1.20. The number of hydrogen-bond donors (Lipinski definition) is 1. The second-order valence-corrected chi connectivity index (χ2v) is 1.50. The Hall–Kier alpha value is -0.395. The van der Waals surface area contributed by atoms with Crippen LogP contribution in [0.1, 0.15) is 0 Å². The second-order valence-electron chi connectivity index (χ2n) is 1.50. The molecule has 0 saturated carbocycles. The van der Waals surface area contributed by atoms with E-state index in [1.54, 1.807) is 0 Å². The Morgan fingerprint density at radius 2 is 2.67 bits per heavy atom. The summed E-state index contributed by atoms with van der Waals surface area (Å²) in [6.45, 7) is 0. The molecule has 1 rings (SSSR count). The highest BCUT2D eigenvalue weighted by atomic mass is 14.8. The number of hydrogen-bond acceptors (Lipinski definition) is 1. The lowest BCUT2D eigenvalue weighted by molar-refractivity contribution is 1.02. The molecule has 0 aromatic rings. The summed E-state index contributed by atoms with van der Waals surface area (Å²) in [5.41, 5.74) is 0. The number of allylic oxidation sites excluding steroid dienone is 1. The third kappa shape index (κ3) is 0.779. The first kappa shape index (κ1) is 3.78. The summed E-state index contributed by atoms with van der Waals surface area (Å²) in [6.07, 6.45) is 6.59. The van der Waals surface area contributed by atoms with Crippen molar-refractivity contribution in [3.05, 3.63) is 12.3 Å². The van der Waals surface area contributed by atoms with Crippen LogP contribution in [0.5, 0.6) is 0 Å². The molecule has 1 N–H and O–H groups in total. The zero-order chi connectivity index (χ0) is 4.24. The second kappa shape index (κ2) is 1.90. The van der Waals surface area contributed by atoms with Crippen LogP contribution in [0.3, 0.4) is 0 Å². The highest BCUT2D eigenvalue weighted by Crippen LogP contribution is 1.83. The molecule has 0 aliphatic carbocycles. The molecule has 0 fully saturated rings. The minimum absolute atomic E-state index is 1.16. The number of rotatable bonds is 0. The molecule has 0 aromatic carbocycles. The van der Waals surface area contributed by atoms with Crippen molar-refractivity contribution in [2.45, 2.75) is 6.32 Å². The lowest BCUT2D eigenvalue weighted by Crippen LogP contribution is -2.16. The summed E-state index contributed by atoms with van der Waals surface area (Å²) in [5.74, 6) is 0. The van der Waals surface area contributed by atoms with E-state index in [9.17, 15) is 0 Å². The first-order chi connectivity index (χ1) is 3.00. The summed E-state index contributed by atoms with van der Waals surface area (Å²) in [4.78, 5) is 0. The van der Waals surface area contributed by atoms with E-state index >= 15 is 0 Å². The van der Waals surface area contributed by atoms with Gasteiger partial charge in [0.05, 0.1) is 0 Å². The van der Waals surface area contributed by atoms with Crippen LogP contribution in [-0.2, 0) is 0 Å². The predicted octanol–water partition coefficient (Wildman–Crippen LogP) is -0.0844. The Labute approximate surface area is 38.7 Å². The first-order valence-electron chi connectivity index (χ1n) is 2.38. The Morgan fingerprint density at radius 3 is 2.83 bits per heavy atom. The van der Waals surface area contributed by atoms with E-state index in [4.69, 9.17) is 0 Å². The van der Waals surface area contributed by atoms with E-state index in [1.807, 2.05) is 6.20 Å². The van der Waals surface area contributed by atoms with Crippen molar-refractivity contribution in [3.8, 4) is 0 Å². The lowest BCUT2D eigenvalue weighted by Gasteiger charge is -2.00. The zero-order valence-electron chi connectivity index (χ0n) is 3.78. The Bertz CT molecular complexity index is 52.6. The van der Waals surface area contributed by atoms with Gasteiger partial charge in [0.25, 0.3) is 0 Å². The quantitative estimate of drug-likeness (QED) is 0.402. The van der Waals surface area contributed by atoms with Gasteiger partial charge in [-0.25, -0.2) is 0 Å². The standard InChI is InChI=1S/C4H8BN/c1-2-5-4-6-3-1/h1,3,5-6H,2,4H2. The van der Waals surface area contributed by atoms with E-state index in [1.165, 1.54) is 13.6 Å². The highest BCUT2D eigenvalue weighted by Gasteiger charge is 1.88. The molecule has 1 heterocycles. The molecule has 1 aliphatic rings. The maximum absolute atomic E-state index is 3.10. The summed E-state index contributed by atoms with van der Waals surface area (Å²) in [7, 11) is 1.30. The average molecular weight is 80.9 g/mol. The SMILES string of the molecule is B1CC=CNC1. The first-order valence-corrected chi connectivity index (χ1v) is 2.38. The maximum Gasteiger partial charge on any atom is 0.148 e. The molecule has 0 unspecified atom stereocenters. The van der Waals surface area contributed by atoms with Gasteiger partial charge < -0.3 is 5.32 Å². The van der Waals surface area contributed by atoms with Gasteiger partial charge in [-0.15, -0.1) is 0 Å². The van der Waals surface area contributed by atoms with Crippen LogP contribution in [-0.4, -0.2) is 13.7 Å². The van der Waals surface area contributed by atoms with Gasteiger partial charge >= 0.3 is 0 Å². The minimum Gasteiger partial charge on any atom is -0.399 e. The highest BCUT2D eigenvalue weighted by molar-refractivity contribution is 6.36. The number of nitrogens with one attached hydrogen (secondary N) is 1. The molecule has 0 saturated heterocycles. The summed E-state index contributed by atoms with van der Waals surface area (Å²) in [5, 5.41) is 3.10. The van der Waals surface area contributed by atoms with Crippen molar-refractivity contribution < 1.29 is 0 Å². The van der Waals surface area contributed by atoms with Gasteiger partial charge in [0, 0.05) is 0 Å². The van der Waals surface area contributed by atoms with E-state index in [0.29, 0.717) is 0 Å². The Morgan fingerprint density at radius 1 is 1.67 bits per heavy atom. The molecule has 0 aromatic heterocycles. The molecule has 0 atom stereocenters. The predicted molar refractivity (Wildman–Crippen MR) is 29.1 cm³/mol. The maximum atomic E-state index is 3.10. The average Bonchev–Trinajstić information content (AvgIpc) is 1.72. The van der Waals surface area contributed by atoms with Gasteiger partial charge in [0.1, 0.15) is 7.28 Å². The van der Waals surface area contributed by atoms with Gasteiger partial charge in [0.2, 0.25) is 0 Å². The molecule has 0 spiro atoms. The molecule has 2 heteroatoms. The molecule has 6 heavy (non-hydrogen) atoms. The fourth-order valence-electron chi connectivity index (χ4n) is 0.572. The van der Waals surface area contributed by atoms with Crippen molar-refractivity contribution in [1.29, 1.82) is 0 Å². The van der Waals surface area contributed by atoms with Crippen LogP contribution in [0.2, 0.25) is 6.32 Å². The third-order valence-electron chi connectivity index (χ3n) is 0.928. The topological polar surface area (TPSA) is 12.0 Å². The summed E-state index contributed by atoms with van der Waals surface area (Å²) >= 11 is 0. The smallest absolute Gasteiger partial charge is 0.148 e. The molecule has 1 nitrogen and oxygen atoms in total. The molecule has 0 bridgehead atoms. The zero-order valence-corrected chi connectivity index (χ0v) is 3.78. The summed E-state index contributed by atoms with van der Waals surface area (Å²) in [6, 6.07) is 0. The van der Waals surface area contributed by atoms with Crippen LogP contribution in [0.25, 0.3) is 0 Å². The van der Waals surface area contributed by atoms with Gasteiger partial charge in [-0.1, -0.05) is 12.4 Å². The molecule has 1 aliphatic heterocycles. The fourth-order valence-corrected chi connectivity index (χ4v) is 0.572. The van der Waals surface area contributed by atoms with Crippen molar-refractivity contribution >= 4 is 7.28 Å². The van der Waals surface area contributed by atoms with Crippen LogP contribution in [0.4, 0.5) is 0 Å². The van der Waals surface area contributed by atoms with E-state index in [2.05, 4.69) is 11.4 Å². The fraction of sp³-hybridized carbons (Fsp3) is 0.500. The third-order valence-corrected chi connectivity index (χ3v) is 0.928. The van der Waals surface area contributed by atoms with E-state index in [0.717, 1.165) is 6.44 Å². The monoisotopic (exact) mass is 81.1 g/mol. The van der Waals surface area contributed by atoms with Crippen molar-refractivity contribution in [1.82, 2.24) is 5.32 Å². The Balaban J connectivity index is 2.26. The van der Waals surface area contributed by atoms with Gasteiger partial charge in [-0.3, -0.25) is 0 Å². The normalized spacial score (nSPS) is 18.7. The molecule has 0 amide bonds. The van der Waals surface area contributed by atoms with Crippen molar-refractivity contribution in [2.24, 2.45) is 0 Å².